The van der Waals surface area contributed by atoms with Crippen molar-refractivity contribution in [2.45, 2.75) is 72.6 Å². The Balaban J connectivity index is 2.87. The van der Waals surface area contributed by atoms with Crippen molar-refractivity contribution >= 4 is 11.6 Å². The van der Waals surface area contributed by atoms with Crippen molar-refractivity contribution in [1.82, 2.24) is 0 Å². The Labute approximate surface area is 136 Å². The molecule has 1 aliphatic rings. The fraction of sp³-hybridized carbons (Fsp3) is 0.600. The van der Waals surface area contributed by atoms with E-state index in [0.717, 1.165) is 17.4 Å². The van der Waals surface area contributed by atoms with Crippen LogP contribution in [0.25, 0.3) is 0 Å². The van der Waals surface area contributed by atoms with Gasteiger partial charge in [0, 0.05) is 5.03 Å². The standard InChI is InChI=1S/C20H31Cl/c1-5-8-10-16(4)18-11-9-12-19(14-13-18)17(6-2)15-20(21)7-3/h7,13-16H,5-6,8-12H2,1-4H3/b17-15+,20-7+. The van der Waals surface area contributed by atoms with Crippen molar-refractivity contribution in [2.24, 2.45) is 5.92 Å². The van der Waals surface area contributed by atoms with E-state index in [1.807, 2.05) is 13.0 Å². The Kier molecular flexibility index (Phi) is 8.76. The van der Waals surface area contributed by atoms with Crippen molar-refractivity contribution < 1.29 is 0 Å². The monoisotopic (exact) mass is 306 g/mol. The summed E-state index contributed by atoms with van der Waals surface area (Å²) >= 11 is 6.18. The molecule has 0 saturated carbocycles. The summed E-state index contributed by atoms with van der Waals surface area (Å²) in [6, 6.07) is 0. The van der Waals surface area contributed by atoms with E-state index in [1.54, 1.807) is 5.57 Å². The van der Waals surface area contributed by atoms with Gasteiger partial charge in [-0.1, -0.05) is 69.0 Å². The molecule has 0 aromatic heterocycles. The largest absolute Gasteiger partial charge is 0.0847 e. The molecule has 0 aromatic carbocycles. The van der Waals surface area contributed by atoms with E-state index < -0.39 is 0 Å². The summed E-state index contributed by atoms with van der Waals surface area (Å²) in [5, 5.41) is 0.845. The molecule has 0 spiro atoms. The van der Waals surface area contributed by atoms with Crippen LogP contribution in [0.2, 0.25) is 0 Å². The maximum absolute atomic E-state index is 6.18. The Bertz CT molecular complexity index is 435. The number of hydrogen-bond acceptors (Lipinski definition) is 0. The number of unbranched alkanes of at least 4 members (excludes halogenated alkanes) is 1. The Morgan fingerprint density at radius 2 is 2.05 bits per heavy atom. The summed E-state index contributed by atoms with van der Waals surface area (Å²) in [4.78, 5) is 0. The van der Waals surface area contributed by atoms with Crippen molar-refractivity contribution in [1.29, 1.82) is 0 Å². The van der Waals surface area contributed by atoms with Crippen LogP contribution in [0, 0.1) is 5.92 Å². The molecule has 0 aromatic rings. The summed E-state index contributed by atoms with van der Waals surface area (Å²) in [6.07, 6.45) is 17.5. The Morgan fingerprint density at radius 3 is 2.67 bits per heavy atom. The zero-order valence-corrected chi connectivity index (χ0v) is 15.0. The van der Waals surface area contributed by atoms with Gasteiger partial charge < -0.3 is 0 Å². The number of allylic oxidation sites excluding steroid dienone is 8. The first-order valence-corrected chi connectivity index (χ1v) is 8.92. The number of hydrogen-bond donors (Lipinski definition) is 0. The van der Waals surface area contributed by atoms with Gasteiger partial charge in [-0.2, -0.15) is 0 Å². The molecular formula is C20H31Cl. The zero-order chi connectivity index (χ0) is 15.7. The average molecular weight is 307 g/mol. The predicted octanol–water partition coefficient (Wildman–Crippen LogP) is 7.33. The second-order valence-corrected chi connectivity index (χ2v) is 6.46. The van der Waals surface area contributed by atoms with E-state index in [9.17, 15) is 0 Å². The first-order valence-electron chi connectivity index (χ1n) is 8.54. The summed E-state index contributed by atoms with van der Waals surface area (Å²) < 4.78 is 0. The lowest BCUT2D eigenvalue weighted by Crippen LogP contribution is -1.99. The van der Waals surface area contributed by atoms with E-state index in [4.69, 9.17) is 11.6 Å². The van der Waals surface area contributed by atoms with Crippen LogP contribution in [-0.4, -0.2) is 0 Å². The third-order valence-electron chi connectivity index (χ3n) is 4.42. The highest BCUT2D eigenvalue weighted by Gasteiger charge is 2.12. The van der Waals surface area contributed by atoms with Gasteiger partial charge in [-0.3, -0.25) is 0 Å². The SMILES string of the molecule is C/C=C(Cl)\C=C(/CC)C1=CC=C(C(C)CCCC)CCC1. The van der Waals surface area contributed by atoms with E-state index in [0.29, 0.717) is 0 Å². The summed E-state index contributed by atoms with van der Waals surface area (Å²) in [5.74, 6) is 0.730. The molecule has 1 unspecified atom stereocenters. The molecule has 0 N–H and O–H groups in total. The van der Waals surface area contributed by atoms with Gasteiger partial charge in [0.25, 0.3) is 0 Å². The molecule has 0 fully saturated rings. The lowest BCUT2D eigenvalue weighted by molar-refractivity contribution is 0.549. The van der Waals surface area contributed by atoms with Crippen LogP contribution in [0.3, 0.4) is 0 Å². The third-order valence-corrected chi connectivity index (χ3v) is 4.74. The Morgan fingerprint density at radius 1 is 1.29 bits per heavy atom. The molecular weight excluding hydrogens is 276 g/mol. The van der Waals surface area contributed by atoms with E-state index in [1.165, 1.54) is 49.7 Å². The molecule has 0 aliphatic heterocycles. The van der Waals surface area contributed by atoms with Crippen LogP contribution >= 0.6 is 11.6 Å². The molecule has 1 aliphatic carbocycles. The molecule has 0 bridgehead atoms. The summed E-state index contributed by atoms with van der Waals surface area (Å²) in [5.41, 5.74) is 4.48. The smallest absolute Gasteiger partial charge is 0.0366 e. The molecule has 1 rings (SSSR count). The summed E-state index contributed by atoms with van der Waals surface area (Å²) in [6.45, 7) is 8.86. The van der Waals surface area contributed by atoms with Crippen LogP contribution < -0.4 is 0 Å². The van der Waals surface area contributed by atoms with Crippen LogP contribution in [0.15, 0.2) is 46.1 Å². The second-order valence-electron chi connectivity index (χ2n) is 6.03. The van der Waals surface area contributed by atoms with Gasteiger partial charge in [-0.15, -0.1) is 0 Å². The van der Waals surface area contributed by atoms with E-state index in [-0.39, 0.29) is 0 Å². The lowest BCUT2D eigenvalue weighted by atomic mass is 9.92. The lowest BCUT2D eigenvalue weighted by Gasteiger charge is -2.14. The van der Waals surface area contributed by atoms with Gasteiger partial charge in [0.2, 0.25) is 0 Å². The quantitative estimate of drug-likeness (QED) is 0.432. The minimum absolute atomic E-state index is 0.730. The normalized spacial score (nSPS) is 18.9. The van der Waals surface area contributed by atoms with E-state index in [2.05, 4.69) is 39.0 Å². The molecule has 0 amide bonds. The van der Waals surface area contributed by atoms with E-state index >= 15 is 0 Å². The van der Waals surface area contributed by atoms with Crippen molar-refractivity contribution in [3.05, 3.63) is 46.1 Å². The highest BCUT2D eigenvalue weighted by atomic mass is 35.5. The molecule has 21 heavy (non-hydrogen) atoms. The fourth-order valence-corrected chi connectivity index (χ4v) is 3.03. The van der Waals surface area contributed by atoms with Crippen molar-refractivity contribution in [3.63, 3.8) is 0 Å². The van der Waals surface area contributed by atoms with Gasteiger partial charge in [-0.05, 0) is 62.2 Å². The fourth-order valence-electron chi connectivity index (χ4n) is 2.90. The highest BCUT2D eigenvalue weighted by Crippen LogP contribution is 2.30. The molecule has 1 heteroatoms. The minimum atomic E-state index is 0.730. The van der Waals surface area contributed by atoms with Gasteiger partial charge in [-0.25, -0.2) is 0 Å². The highest BCUT2D eigenvalue weighted by molar-refractivity contribution is 6.31. The number of halogens is 1. The van der Waals surface area contributed by atoms with Crippen LogP contribution in [0.4, 0.5) is 0 Å². The zero-order valence-electron chi connectivity index (χ0n) is 14.2. The van der Waals surface area contributed by atoms with Gasteiger partial charge in [0.15, 0.2) is 0 Å². The molecule has 0 saturated heterocycles. The van der Waals surface area contributed by atoms with Crippen molar-refractivity contribution in [3.8, 4) is 0 Å². The Hall–Kier alpha value is -0.750. The van der Waals surface area contributed by atoms with Crippen LogP contribution in [0.1, 0.15) is 72.6 Å². The predicted molar refractivity (Wildman–Crippen MR) is 96.7 cm³/mol. The maximum atomic E-state index is 6.18. The van der Waals surface area contributed by atoms with Crippen LogP contribution in [0.5, 0.6) is 0 Å². The maximum Gasteiger partial charge on any atom is 0.0366 e. The molecule has 0 radical (unpaired) electrons. The van der Waals surface area contributed by atoms with Crippen LogP contribution in [-0.2, 0) is 0 Å². The molecule has 0 nitrogen and oxygen atoms in total. The third kappa shape index (κ3) is 6.26. The number of rotatable bonds is 7. The molecule has 0 heterocycles. The summed E-state index contributed by atoms with van der Waals surface area (Å²) in [7, 11) is 0. The van der Waals surface area contributed by atoms with Gasteiger partial charge >= 0.3 is 0 Å². The van der Waals surface area contributed by atoms with Gasteiger partial charge in [0.05, 0.1) is 0 Å². The minimum Gasteiger partial charge on any atom is -0.0847 e. The van der Waals surface area contributed by atoms with Crippen molar-refractivity contribution in [2.75, 3.05) is 0 Å². The van der Waals surface area contributed by atoms with Gasteiger partial charge in [0.1, 0.15) is 0 Å². The first-order chi connectivity index (χ1) is 10.1. The molecule has 118 valence electrons. The first kappa shape index (κ1) is 18.3. The topological polar surface area (TPSA) is 0 Å². The second kappa shape index (κ2) is 10.1. The molecule has 1 atom stereocenters. The average Bonchev–Trinajstić information content (AvgIpc) is 2.75.